The standard InChI is InChI=1S/C18H16FN3OS3/c19-13-7-5-11(6-8-13)10-24-18-22-21-17(26-18)20-16(23)15-9-12-3-1-2-4-14(12)25-15/h5-9H,1-4,10H2,(H,20,21,23). The number of aryl methyl sites for hydroxylation is 2. The Morgan fingerprint density at radius 3 is 2.77 bits per heavy atom. The van der Waals surface area contributed by atoms with E-state index in [1.165, 1.54) is 58.5 Å². The smallest absolute Gasteiger partial charge is 0.267 e. The number of aromatic nitrogens is 2. The summed E-state index contributed by atoms with van der Waals surface area (Å²) in [6.07, 6.45) is 4.56. The zero-order valence-corrected chi connectivity index (χ0v) is 16.3. The van der Waals surface area contributed by atoms with Crippen molar-refractivity contribution in [3.63, 3.8) is 0 Å². The van der Waals surface area contributed by atoms with Gasteiger partial charge in [-0.2, -0.15) is 0 Å². The molecule has 1 amide bonds. The number of nitrogens with zero attached hydrogens (tertiary/aromatic N) is 2. The van der Waals surface area contributed by atoms with Crippen molar-refractivity contribution in [1.29, 1.82) is 0 Å². The number of hydrogen-bond acceptors (Lipinski definition) is 6. The number of thiophene rings is 1. The van der Waals surface area contributed by atoms with Gasteiger partial charge in [0.1, 0.15) is 5.82 Å². The second kappa shape index (κ2) is 7.85. The minimum absolute atomic E-state index is 0.115. The van der Waals surface area contributed by atoms with Crippen LogP contribution in [0.4, 0.5) is 9.52 Å². The zero-order valence-electron chi connectivity index (χ0n) is 13.8. The Balaban J connectivity index is 1.36. The molecule has 1 aliphatic carbocycles. The van der Waals surface area contributed by atoms with Crippen LogP contribution in [0.2, 0.25) is 0 Å². The number of anilines is 1. The Labute approximate surface area is 162 Å². The number of halogens is 1. The van der Waals surface area contributed by atoms with E-state index < -0.39 is 0 Å². The minimum Gasteiger partial charge on any atom is -0.296 e. The van der Waals surface area contributed by atoms with Gasteiger partial charge in [0.15, 0.2) is 4.34 Å². The van der Waals surface area contributed by atoms with Crippen molar-refractivity contribution in [3.05, 3.63) is 57.0 Å². The molecule has 1 N–H and O–H groups in total. The molecule has 0 bridgehead atoms. The summed E-state index contributed by atoms with van der Waals surface area (Å²) >= 11 is 4.46. The van der Waals surface area contributed by atoms with E-state index in [1.54, 1.807) is 23.5 Å². The normalized spacial score (nSPS) is 13.4. The SMILES string of the molecule is O=C(Nc1nnc(SCc2ccc(F)cc2)s1)c1cc2c(s1)CCCC2. The Kier molecular flexibility index (Phi) is 5.33. The summed E-state index contributed by atoms with van der Waals surface area (Å²) in [4.78, 5) is 14.5. The predicted octanol–water partition coefficient (Wildman–Crippen LogP) is 5.16. The van der Waals surface area contributed by atoms with E-state index in [1.807, 2.05) is 6.07 Å². The van der Waals surface area contributed by atoms with Crippen LogP contribution in [-0.2, 0) is 18.6 Å². The maximum Gasteiger partial charge on any atom is 0.267 e. The first kappa shape index (κ1) is 17.6. The predicted molar refractivity (Wildman–Crippen MR) is 105 cm³/mol. The lowest BCUT2D eigenvalue weighted by molar-refractivity contribution is 0.103. The molecule has 1 aliphatic rings. The van der Waals surface area contributed by atoms with Gasteiger partial charge in [-0.15, -0.1) is 21.5 Å². The molecule has 26 heavy (non-hydrogen) atoms. The van der Waals surface area contributed by atoms with Gasteiger partial charge < -0.3 is 0 Å². The van der Waals surface area contributed by atoms with E-state index in [2.05, 4.69) is 15.5 Å². The third-order valence-corrected chi connectivity index (χ3v) is 7.40. The first-order valence-electron chi connectivity index (χ1n) is 8.31. The molecular formula is C18H16FN3OS3. The summed E-state index contributed by atoms with van der Waals surface area (Å²) in [5, 5.41) is 11.5. The lowest BCUT2D eigenvalue weighted by Crippen LogP contribution is -2.09. The number of carbonyl (C=O) groups excluding carboxylic acids is 1. The number of fused-ring (bicyclic) bond motifs is 1. The molecule has 4 nitrogen and oxygen atoms in total. The summed E-state index contributed by atoms with van der Waals surface area (Å²) in [6, 6.07) is 8.42. The van der Waals surface area contributed by atoms with Crippen LogP contribution in [0.3, 0.4) is 0 Å². The first-order valence-corrected chi connectivity index (χ1v) is 10.9. The molecular weight excluding hydrogens is 389 g/mol. The average molecular weight is 406 g/mol. The van der Waals surface area contributed by atoms with Crippen LogP contribution in [0.5, 0.6) is 0 Å². The third-order valence-electron chi connectivity index (χ3n) is 4.12. The fourth-order valence-corrected chi connectivity index (χ4v) is 5.66. The van der Waals surface area contributed by atoms with Gasteiger partial charge in [-0.3, -0.25) is 10.1 Å². The van der Waals surface area contributed by atoms with Gasteiger partial charge in [-0.25, -0.2) is 4.39 Å². The molecule has 0 saturated heterocycles. The highest BCUT2D eigenvalue weighted by Crippen LogP contribution is 2.31. The van der Waals surface area contributed by atoms with Gasteiger partial charge in [0.05, 0.1) is 4.88 Å². The van der Waals surface area contributed by atoms with Gasteiger partial charge >= 0.3 is 0 Å². The molecule has 2 heterocycles. The van der Waals surface area contributed by atoms with Crippen molar-refractivity contribution in [3.8, 4) is 0 Å². The molecule has 134 valence electrons. The summed E-state index contributed by atoms with van der Waals surface area (Å²) in [7, 11) is 0. The van der Waals surface area contributed by atoms with Gasteiger partial charge in [0.2, 0.25) is 5.13 Å². The number of thioether (sulfide) groups is 1. The average Bonchev–Trinajstić information content (AvgIpc) is 3.28. The molecule has 0 atom stereocenters. The number of hydrogen-bond donors (Lipinski definition) is 1. The highest BCUT2D eigenvalue weighted by Gasteiger charge is 2.18. The van der Waals surface area contributed by atoms with Gasteiger partial charge in [-0.05, 0) is 55.0 Å². The van der Waals surface area contributed by atoms with E-state index in [9.17, 15) is 9.18 Å². The quantitative estimate of drug-likeness (QED) is 0.470. The monoisotopic (exact) mass is 405 g/mol. The highest BCUT2D eigenvalue weighted by atomic mass is 32.2. The number of amides is 1. The highest BCUT2D eigenvalue weighted by molar-refractivity contribution is 8.00. The van der Waals surface area contributed by atoms with Gasteiger partial charge in [-0.1, -0.05) is 35.2 Å². The van der Waals surface area contributed by atoms with Gasteiger partial charge in [0.25, 0.3) is 5.91 Å². The lowest BCUT2D eigenvalue weighted by Gasteiger charge is -2.08. The lowest BCUT2D eigenvalue weighted by atomic mass is 9.99. The van der Waals surface area contributed by atoms with Crippen LogP contribution in [0.15, 0.2) is 34.7 Å². The minimum atomic E-state index is -0.241. The maximum absolute atomic E-state index is 12.9. The molecule has 0 fully saturated rings. The molecule has 0 spiro atoms. The fraction of sp³-hybridized carbons (Fsp3) is 0.278. The molecule has 0 radical (unpaired) electrons. The molecule has 3 aromatic rings. The van der Waals surface area contributed by atoms with Crippen molar-refractivity contribution in [2.45, 2.75) is 35.8 Å². The fourth-order valence-electron chi connectivity index (χ4n) is 2.81. The second-order valence-electron chi connectivity index (χ2n) is 6.01. The van der Waals surface area contributed by atoms with Crippen molar-refractivity contribution < 1.29 is 9.18 Å². The van der Waals surface area contributed by atoms with E-state index in [4.69, 9.17) is 0 Å². The number of nitrogens with one attached hydrogen (secondary N) is 1. The summed E-state index contributed by atoms with van der Waals surface area (Å²) in [5.41, 5.74) is 2.33. The Hall–Kier alpha value is -1.77. The van der Waals surface area contributed by atoms with E-state index in [0.717, 1.165) is 27.6 Å². The third kappa shape index (κ3) is 4.13. The van der Waals surface area contributed by atoms with Crippen molar-refractivity contribution in [2.75, 3.05) is 5.32 Å². The zero-order chi connectivity index (χ0) is 17.9. The molecule has 1 aromatic carbocycles. The van der Waals surface area contributed by atoms with Crippen LogP contribution in [0, 0.1) is 5.82 Å². The molecule has 8 heteroatoms. The maximum atomic E-state index is 12.9. The van der Waals surface area contributed by atoms with Crippen LogP contribution in [0.25, 0.3) is 0 Å². The second-order valence-corrected chi connectivity index (χ2v) is 9.35. The summed E-state index contributed by atoms with van der Waals surface area (Å²) < 4.78 is 13.7. The van der Waals surface area contributed by atoms with E-state index >= 15 is 0 Å². The summed E-state index contributed by atoms with van der Waals surface area (Å²) in [5.74, 6) is 0.325. The van der Waals surface area contributed by atoms with Crippen molar-refractivity contribution in [2.24, 2.45) is 0 Å². The number of rotatable bonds is 5. The Morgan fingerprint density at radius 1 is 1.15 bits per heavy atom. The van der Waals surface area contributed by atoms with Crippen LogP contribution in [0.1, 0.15) is 38.5 Å². The molecule has 0 aliphatic heterocycles. The Bertz CT molecular complexity index is 897. The molecule has 4 rings (SSSR count). The number of carbonyl (C=O) groups is 1. The van der Waals surface area contributed by atoms with Gasteiger partial charge in [0, 0.05) is 10.6 Å². The van der Waals surface area contributed by atoms with E-state index in [0.29, 0.717) is 10.9 Å². The number of benzene rings is 1. The Morgan fingerprint density at radius 2 is 1.96 bits per heavy atom. The molecule has 0 unspecified atom stereocenters. The largest absolute Gasteiger partial charge is 0.296 e. The first-order chi connectivity index (χ1) is 12.7. The molecule has 2 aromatic heterocycles. The van der Waals surface area contributed by atoms with E-state index in [-0.39, 0.29) is 11.7 Å². The van der Waals surface area contributed by atoms with Crippen molar-refractivity contribution in [1.82, 2.24) is 10.2 Å². The summed E-state index contributed by atoms with van der Waals surface area (Å²) in [6.45, 7) is 0. The van der Waals surface area contributed by atoms with Crippen LogP contribution in [-0.4, -0.2) is 16.1 Å². The topological polar surface area (TPSA) is 54.9 Å². The van der Waals surface area contributed by atoms with Crippen LogP contribution >= 0.6 is 34.4 Å². The van der Waals surface area contributed by atoms with Crippen LogP contribution < -0.4 is 5.32 Å². The van der Waals surface area contributed by atoms with Crippen molar-refractivity contribution >= 4 is 45.5 Å². The molecule has 0 saturated carbocycles.